The fourth-order valence-corrected chi connectivity index (χ4v) is 4.66. The van der Waals surface area contributed by atoms with Crippen molar-refractivity contribution >= 4 is 11.5 Å². The molecule has 0 saturated carbocycles. The van der Waals surface area contributed by atoms with E-state index in [1.165, 1.54) is 5.56 Å². The molecule has 2 heterocycles. The van der Waals surface area contributed by atoms with Crippen molar-refractivity contribution in [2.45, 2.75) is 39.5 Å². The van der Waals surface area contributed by atoms with E-state index in [1.54, 1.807) is 0 Å². The summed E-state index contributed by atoms with van der Waals surface area (Å²) in [7, 11) is 0. The molecule has 0 saturated heterocycles. The zero-order chi connectivity index (χ0) is 19.5. The van der Waals surface area contributed by atoms with E-state index < -0.39 is 0 Å². The van der Waals surface area contributed by atoms with Crippen LogP contribution in [0.25, 0.3) is 0 Å². The number of fused-ring (bicyclic) bond motifs is 2. The molecule has 4 nitrogen and oxygen atoms in total. The molecule has 2 aromatic carbocycles. The maximum Gasteiger partial charge on any atom is 0.163 e. The van der Waals surface area contributed by atoms with Crippen LogP contribution < -0.4 is 14.8 Å². The number of hydrogen-bond donors (Lipinski definition) is 1. The van der Waals surface area contributed by atoms with Gasteiger partial charge in [-0.1, -0.05) is 43.7 Å². The summed E-state index contributed by atoms with van der Waals surface area (Å²) in [4.78, 5) is 13.2. The first-order valence-corrected chi connectivity index (χ1v) is 9.95. The van der Waals surface area contributed by atoms with Gasteiger partial charge in [-0.3, -0.25) is 4.79 Å². The highest BCUT2D eigenvalue weighted by molar-refractivity contribution is 6.01. The first-order valence-electron chi connectivity index (χ1n) is 9.95. The van der Waals surface area contributed by atoms with Gasteiger partial charge in [-0.2, -0.15) is 0 Å². The Balaban J connectivity index is 1.72. The quantitative estimate of drug-likeness (QED) is 0.765. The predicted octanol–water partition coefficient (Wildman–Crippen LogP) is 4.97. The van der Waals surface area contributed by atoms with Gasteiger partial charge >= 0.3 is 0 Å². The van der Waals surface area contributed by atoms with Gasteiger partial charge in [0.1, 0.15) is 13.2 Å². The second-order valence-corrected chi connectivity index (χ2v) is 8.88. The third-order valence-corrected chi connectivity index (χ3v) is 5.93. The fraction of sp³-hybridized carbons (Fsp3) is 0.375. The molecule has 2 aromatic rings. The molecule has 144 valence electrons. The predicted molar refractivity (Wildman–Crippen MR) is 109 cm³/mol. The summed E-state index contributed by atoms with van der Waals surface area (Å²) in [6, 6.07) is 12.6. The molecule has 5 rings (SSSR count). The largest absolute Gasteiger partial charge is 0.486 e. The van der Waals surface area contributed by atoms with Crippen LogP contribution in [0, 0.1) is 12.3 Å². The summed E-state index contributed by atoms with van der Waals surface area (Å²) in [5.41, 5.74) is 6.38. The van der Waals surface area contributed by atoms with Gasteiger partial charge in [0.15, 0.2) is 17.3 Å². The van der Waals surface area contributed by atoms with Crippen LogP contribution >= 0.6 is 0 Å². The normalized spacial score (nSPS) is 22.2. The van der Waals surface area contributed by atoms with E-state index in [4.69, 9.17) is 9.47 Å². The van der Waals surface area contributed by atoms with E-state index in [2.05, 4.69) is 56.4 Å². The molecule has 0 fully saturated rings. The molecular weight excluding hydrogens is 350 g/mol. The minimum Gasteiger partial charge on any atom is -0.486 e. The molecule has 0 radical (unpaired) electrons. The van der Waals surface area contributed by atoms with Gasteiger partial charge in [0.25, 0.3) is 0 Å². The lowest BCUT2D eigenvalue weighted by molar-refractivity contribution is -0.118. The summed E-state index contributed by atoms with van der Waals surface area (Å²) in [5, 5.41) is 3.57. The second kappa shape index (κ2) is 6.13. The number of allylic oxidation sites excluding steroid dienone is 2. The van der Waals surface area contributed by atoms with E-state index in [-0.39, 0.29) is 17.1 Å². The molecule has 0 bridgehead atoms. The smallest absolute Gasteiger partial charge is 0.163 e. The van der Waals surface area contributed by atoms with Crippen molar-refractivity contribution in [2.24, 2.45) is 5.41 Å². The summed E-state index contributed by atoms with van der Waals surface area (Å²) in [5.74, 6) is 1.69. The van der Waals surface area contributed by atoms with E-state index in [0.29, 0.717) is 19.6 Å². The topological polar surface area (TPSA) is 47.6 Å². The maximum atomic E-state index is 13.2. The van der Waals surface area contributed by atoms with Crippen LogP contribution in [-0.4, -0.2) is 19.0 Å². The average molecular weight is 375 g/mol. The maximum absolute atomic E-state index is 13.2. The lowest BCUT2D eigenvalue weighted by Crippen LogP contribution is -2.34. The van der Waals surface area contributed by atoms with Crippen LogP contribution in [0.3, 0.4) is 0 Å². The van der Waals surface area contributed by atoms with Crippen LogP contribution in [0.4, 0.5) is 5.69 Å². The lowest BCUT2D eigenvalue weighted by atomic mass is 9.68. The zero-order valence-corrected chi connectivity index (χ0v) is 16.6. The molecule has 4 heteroatoms. The number of carbonyl (C=O) groups is 1. The highest BCUT2D eigenvalue weighted by Gasteiger charge is 2.41. The molecule has 0 aromatic heterocycles. The molecule has 0 amide bonds. The standard InChI is InChI=1S/C24H25NO3/c1-14-4-6-15(7-5-14)22-16-10-20-21(28-9-8-27-20)11-17(16)25-18-12-24(2,3)13-19(26)23(18)22/h4-7,10-11,22,25H,8-9,12-13H2,1-3H3/t22-/m1/s1. The van der Waals surface area contributed by atoms with Crippen LogP contribution in [0.5, 0.6) is 11.5 Å². The minimum atomic E-state index is -0.0775. The van der Waals surface area contributed by atoms with Crippen molar-refractivity contribution in [3.8, 4) is 11.5 Å². The van der Waals surface area contributed by atoms with Crippen LogP contribution in [0.15, 0.2) is 47.7 Å². The second-order valence-electron chi connectivity index (χ2n) is 8.88. The number of Topliss-reactive ketones (excluding diaryl/α,β-unsaturated/α-hetero) is 1. The van der Waals surface area contributed by atoms with Gasteiger partial charge in [0, 0.05) is 35.4 Å². The summed E-state index contributed by atoms with van der Waals surface area (Å²) in [6.07, 6.45) is 1.44. The number of nitrogens with one attached hydrogen (secondary N) is 1. The number of anilines is 1. The SMILES string of the molecule is Cc1ccc([C@H]2C3=C(CC(C)(C)CC3=O)Nc3cc4c(cc32)OCCO4)cc1. The van der Waals surface area contributed by atoms with Crippen LogP contribution in [-0.2, 0) is 4.79 Å². The van der Waals surface area contributed by atoms with Crippen LogP contribution in [0.1, 0.15) is 49.3 Å². The molecule has 0 spiro atoms. The fourth-order valence-electron chi connectivity index (χ4n) is 4.66. The number of ether oxygens (including phenoxy) is 2. The Morgan fingerprint density at radius 2 is 1.68 bits per heavy atom. The number of hydrogen-bond acceptors (Lipinski definition) is 4. The summed E-state index contributed by atoms with van der Waals surface area (Å²) >= 11 is 0. The Bertz CT molecular complexity index is 1000. The van der Waals surface area contributed by atoms with Crippen molar-refractivity contribution in [3.63, 3.8) is 0 Å². The first kappa shape index (κ1) is 17.4. The third-order valence-electron chi connectivity index (χ3n) is 5.93. The number of benzene rings is 2. The molecule has 2 aliphatic heterocycles. The summed E-state index contributed by atoms with van der Waals surface area (Å²) in [6.45, 7) is 7.52. The Labute approximate surface area is 165 Å². The molecule has 1 aliphatic carbocycles. The van der Waals surface area contributed by atoms with Crippen molar-refractivity contribution in [2.75, 3.05) is 18.5 Å². The number of ketones is 1. The van der Waals surface area contributed by atoms with E-state index in [9.17, 15) is 4.79 Å². The number of carbonyl (C=O) groups excluding carboxylic acids is 1. The molecule has 28 heavy (non-hydrogen) atoms. The van der Waals surface area contributed by atoms with E-state index >= 15 is 0 Å². The molecule has 1 atom stereocenters. The molecule has 0 unspecified atom stereocenters. The monoisotopic (exact) mass is 375 g/mol. The Hall–Kier alpha value is -2.75. The highest BCUT2D eigenvalue weighted by Crippen LogP contribution is 2.51. The third kappa shape index (κ3) is 2.79. The van der Waals surface area contributed by atoms with Gasteiger partial charge in [-0.05, 0) is 36.0 Å². The van der Waals surface area contributed by atoms with E-state index in [1.807, 2.05) is 6.07 Å². The van der Waals surface area contributed by atoms with E-state index in [0.717, 1.165) is 46.0 Å². The molecule has 3 aliphatic rings. The van der Waals surface area contributed by atoms with Crippen molar-refractivity contribution < 1.29 is 14.3 Å². The Morgan fingerprint density at radius 3 is 2.39 bits per heavy atom. The molecule has 1 N–H and O–H groups in total. The van der Waals surface area contributed by atoms with Gasteiger partial charge in [0.05, 0.1) is 0 Å². The van der Waals surface area contributed by atoms with Crippen molar-refractivity contribution in [1.29, 1.82) is 0 Å². The highest BCUT2D eigenvalue weighted by atomic mass is 16.6. The zero-order valence-electron chi connectivity index (χ0n) is 16.6. The van der Waals surface area contributed by atoms with Gasteiger partial charge < -0.3 is 14.8 Å². The number of aryl methyl sites for hydroxylation is 1. The van der Waals surface area contributed by atoms with Gasteiger partial charge in [-0.15, -0.1) is 0 Å². The average Bonchev–Trinajstić information content (AvgIpc) is 2.64. The Kier molecular flexibility index (Phi) is 3.80. The first-order chi connectivity index (χ1) is 13.4. The van der Waals surface area contributed by atoms with Crippen molar-refractivity contribution in [1.82, 2.24) is 0 Å². The van der Waals surface area contributed by atoms with Crippen molar-refractivity contribution in [3.05, 3.63) is 64.4 Å². The Morgan fingerprint density at radius 1 is 1.00 bits per heavy atom. The minimum absolute atomic E-state index is 0.0356. The summed E-state index contributed by atoms with van der Waals surface area (Å²) < 4.78 is 11.6. The molecular formula is C24H25NO3. The van der Waals surface area contributed by atoms with Gasteiger partial charge in [0.2, 0.25) is 0 Å². The van der Waals surface area contributed by atoms with Gasteiger partial charge in [-0.25, -0.2) is 0 Å². The lowest BCUT2D eigenvalue weighted by Gasteiger charge is -2.40. The number of rotatable bonds is 1. The van der Waals surface area contributed by atoms with Crippen LogP contribution in [0.2, 0.25) is 0 Å².